The van der Waals surface area contributed by atoms with E-state index in [-0.39, 0.29) is 0 Å². The van der Waals surface area contributed by atoms with Crippen LogP contribution in [0, 0.1) is 13.8 Å². The molecule has 1 aliphatic heterocycles. The second kappa shape index (κ2) is 5.99. The fourth-order valence-electron chi connectivity index (χ4n) is 2.63. The molecule has 0 unspecified atom stereocenters. The summed E-state index contributed by atoms with van der Waals surface area (Å²) >= 11 is 1.81. The van der Waals surface area contributed by atoms with E-state index in [4.69, 9.17) is 5.73 Å². The van der Waals surface area contributed by atoms with Crippen LogP contribution in [0.5, 0.6) is 0 Å². The zero-order chi connectivity index (χ0) is 14.8. The number of hydrogen-bond donors (Lipinski definition) is 1. The minimum atomic E-state index is 0.761. The Labute approximate surface area is 129 Å². The molecule has 2 N–H and O–H groups in total. The summed E-state index contributed by atoms with van der Waals surface area (Å²) in [5.74, 6) is 0. The fourth-order valence-corrected chi connectivity index (χ4v) is 3.61. The topological polar surface area (TPSA) is 58.3 Å². The van der Waals surface area contributed by atoms with E-state index in [0.717, 1.165) is 49.8 Å². The van der Waals surface area contributed by atoms with Gasteiger partial charge in [0.15, 0.2) is 0 Å². The number of anilines is 2. The molecule has 112 valence electrons. The van der Waals surface area contributed by atoms with Crippen molar-refractivity contribution in [3.63, 3.8) is 0 Å². The molecule has 5 nitrogen and oxygen atoms in total. The quantitative estimate of drug-likeness (QED) is 0.940. The van der Waals surface area contributed by atoms with Crippen LogP contribution in [-0.4, -0.2) is 41.0 Å². The molecule has 0 amide bonds. The first-order valence-corrected chi connectivity index (χ1v) is 8.05. The first-order valence-electron chi connectivity index (χ1n) is 7.23. The number of rotatable bonds is 3. The molecule has 21 heavy (non-hydrogen) atoms. The molecule has 3 rings (SSSR count). The van der Waals surface area contributed by atoms with Gasteiger partial charge in [-0.2, -0.15) is 0 Å². The van der Waals surface area contributed by atoms with Crippen molar-refractivity contribution in [2.45, 2.75) is 20.4 Å². The molecule has 1 fully saturated rings. The van der Waals surface area contributed by atoms with Crippen LogP contribution in [0.4, 0.5) is 11.4 Å². The zero-order valence-electron chi connectivity index (χ0n) is 12.5. The summed E-state index contributed by atoms with van der Waals surface area (Å²) in [5.41, 5.74) is 9.03. The van der Waals surface area contributed by atoms with Crippen molar-refractivity contribution >= 4 is 22.7 Å². The number of nitrogens with two attached hydrogens (primary N) is 1. The number of nitrogen functional groups attached to an aromatic ring is 1. The molecule has 1 saturated heterocycles. The number of pyridine rings is 1. The molecule has 0 aliphatic carbocycles. The molecule has 6 heteroatoms. The van der Waals surface area contributed by atoms with Gasteiger partial charge in [-0.15, -0.1) is 11.3 Å². The smallest absolute Gasteiger partial charge is 0.107 e. The van der Waals surface area contributed by atoms with Crippen LogP contribution >= 0.6 is 11.3 Å². The summed E-state index contributed by atoms with van der Waals surface area (Å²) in [4.78, 5) is 14.8. The molecule has 2 aromatic heterocycles. The Morgan fingerprint density at radius 2 is 2.00 bits per heavy atom. The van der Waals surface area contributed by atoms with Crippen LogP contribution in [0.1, 0.15) is 15.6 Å². The Bertz CT molecular complexity index is 597. The van der Waals surface area contributed by atoms with E-state index in [0.29, 0.717) is 0 Å². The van der Waals surface area contributed by atoms with Gasteiger partial charge in [-0.25, -0.2) is 4.98 Å². The Kier molecular flexibility index (Phi) is 4.07. The van der Waals surface area contributed by atoms with Crippen LogP contribution < -0.4 is 10.6 Å². The standard InChI is InChI=1S/C15H21N5S/c1-11-12(2)21-15(18-11)10-19-5-7-20(8-6-19)14-3-4-17-9-13(14)16/h3-4,9H,5-8,10,16H2,1-2H3. The van der Waals surface area contributed by atoms with E-state index in [9.17, 15) is 0 Å². The minimum Gasteiger partial charge on any atom is -0.396 e. The Morgan fingerprint density at radius 1 is 1.24 bits per heavy atom. The van der Waals surface area contributed by atoms with Crippen LogP contribution in [0.2, 0.25) is 0 Å². The number of thiazole rings is 1. The largest absolute Gasteiger partial charge is 0.396 e. The molecule has 0 radical (unpaired) electrons. The lowest BCUT2D eigenvalue weighted by Gasteiger charge is -2.36. The minimum absolute atomic E-state index is 0.761. The maximum absolute atomic E-state index is 6.00. The molecular formula is C15H21N5S. The highest BCUT2D eigenvalue weighted by Gasteiger charge is 2.19. The lowest BCUT2D eigenvalue weighted by Crippen LogP contribution is -2.46. The summed E-state index contributed by atoms with van der Waals surface area (Å²) in [7, 11) is 0. The monoisotopic (exact) mass is 303 g/mol. The summed E-state index contributed by atoms with van der Waals surface area (Å²) in [6.07, 6.45) is 3.53. The zero-order valence-corrected chi connectivity index (χ0v) is 13.4. The number of nitrogens with zero attached hydrogens (tertiary/aromatic N) is 4. The average Bonchev–Trinajstić information content (AvgIpc) is 2.79. The first kappa shape index (κ1) is 14.3. The van der Waals surface area contributed by atoms with E-state index in [1.54, 1.807) is 12.4 Å². The molecule has 2 aromatic rings. The highest BCUT2D eigenvalue weighted by atomic mass is 32.1. The SMILES string of the molecule is Cc1nc(CN2CCN(c3ccncc3N)CC2)sc1C. The molecule has 0 atom stereocenters. The average molecular weight is 303 g/mol. The Hall–Kier alpha value is -1.66. The molecule has 0 bridgehead atoms. The molecule has 0 saturated carbocycles. The Morgan fingerprint density at radius 3 is 2.62 bits per heavy atom. The van der Waals surface area contributed by atoms with E-state index in [2.05, 4.69) is 33.6 Å². The first-order chi connectivity index (χ1) is 10.1. The van der Waals surface area contributed by atoms with E-state index >= 15 is 0 Å². The van der Waals surface area contributed by atoms with Gasteiger partial charge in [0.1, 0.15) is 5.01 Å². The number of aryl methyl sites for hydroxylation is 2. The van der Waals surface area contributed by atoms with Gasteiger partial charge in [-0.3, -0.25) is 9.88 Å². The number of piperazine rings is 1. The second-order valence-corrected chi connectivity index (χ2v) is 6.73. The summed E-state index contributed by atoms with van der Waals surface area (Å²) in [5, 5.41) is 1.22. The third kappa shape index (κ3) is 3.16. The number of hydrogen-bond acceptors (Lipinski definition) is 6. The predicted molar refractivity (Wildman–Crippen MR) is 87.7 cm³/mol. The summed E-state index contributed by atoms with van der Waals surface area (Å²) in [6, 6.07) is 2.00. The van der Waals surface area contributed by atoms with Crippen LogP contribution in [0.15, 0.2) is 18.5 Å². The van der Waals surface area contributed by atoms with Crippen molar-refractivity contribution in [3.05, 3.63) is 34.0 Å². The Balaban J connectivity index is 1.59. The molecule has 1 aliphatic rings. The van der Waals surface area contributed by atoms with Crippen LogP contribution in [0.25, 0.3) is 0 Å². The van der Waals surface area contributed by atoms with Crippen molar-refractivity contribution in [2.75, 3.05) is 36.8 Å². The summed E-state index contributed by atoms with van der Waals surface area (Å²) in [6.45, 7) is 9.26. The third-order valence-corrected chi connectivity index (χ3v) is 5.03. The predicted octanol–water partition coefficient (Wildman–Crippen LogP) is 2.06. The molecule has 3 heterocycles. The third-order valence-electron chi connectivity index (χ3n) is 3.97. The van der Waals surface area contributed by atoms with E-state index in [1.165, 1.54) is 9.88 Å². The fraction of sp³-hybridized carbons (Fsp3) is 0.467. The van der Waals surface area contributed by atoms with Gasteiger partial charge in [-0.05, 0) is 19.9 Å². The summed E-state index contributed by atoms with van der Waals surface area (Å²) < 4.78 is 0. The molecule has 0 spiro atoms. The van der Waals surface area contributed by atoms with Crippen molar-refractivity contribution in [1.82, 2.24) is 14.9 Å². The molecule has 0 aromatic carbocycles. The van der Waals surface area contributed by atoms with Gasteiger partial charge in [-0.1, -0.05) is 0 Å². The maximum Gasteiger partial charge on any atom is 0.107 e. The van der Waals surface area contributed by atoms with Gasteiger partial charge in [0.2, 0.25) is 0 Å². The van der Waals surface area contributed by atoms with Gasteiger partial charge >= 0.3 is 0 Å². The van der Waals surface area contributed by atoms with Crippen LogP contribution in [-0.2, 0) is 6.54 Å². The number of aromatic nitrogens is 2. The molecular weight excluding hydrogens is 282 g/mol. The van der Waals surface area contributed by atoms with Gasteiger partial charge in [0.25, 0.3) is 0 Å². The van der Waals surface area contributed by atoms with E-state index in [1.807, 2.05) is 17.4 Å². The maximum atomic E-state index is 6.00. The lowest BCUT2D eigenvalue weighted by atomic mass is 10.2. The highest BCUT2D eigenvalue weighted by Crippen LogP contribution is 2.24. The van der Waals surface area contributed by atoms with Gasteiger partial charge < -0.3 is 10.6 Å². The second-order valence-electron chi connectivity index (χ2n) is 5.45. The van der Waals surface area contributed by atoms with E-state index < -0.39 is 0 Å². The van der Waals surface area contributed by atoms with Crippen molar-refractivity contribution in [1.29, 1.82) is 0 Å². The van der Waals surface area contributed by atoms with Crippen LogP contribution in [0.3, 0.4) is 0 Å². The van der Waals surface area contributed by atoms with Crippen molar-refractivity contribution in [2.24, 2.45) is 0 Å². The van der Waals surface area contributed by atoms with Gasteiger partial charge in [0.05, 0.1) is 29.8 Å². The highest BCUT2D eigenvalue weighted by molar-refractivity contribution is 7.11. The normalized spacial score (nSPS) is 16.4. The van der Waals surface area contributed by atoms with Crippen molar-refractivity contribution < 1.29 is 0 Å². The lowest BCUT2D eigenvalue weighted by molar-refractivity contribution is 0.249. The van der Waals surface area contributed by atoms with Gasteiger partial charge in [0, 0.05) is 37.3 Å². The van der Waals surface area contributed by atoms with Crippen molar-refractivity contribution in [3.8, 4) is 0 Å².